The molecule has 1 N–H and O–H groups in total. The molecule has 0 saturated carbocycles. The molecule has 4 nitrogen and oxygen atoms in total. The number of hydrogen-bond donors (Lipinski definition) is 1. The molecule has 0 amide bonds. The fourth-order valence-corrected chi connectivity index (χ4v) is 2.83. The van der Waals surface area contributed by atoms with Gasteiger partial charge in [0, 0.05) is 25.0 Å². The molecule has 1 unspecified atom stereocenters. The van der Waals surface area contributed by atoms with E-state index in [1.807, 2.05) is 55.0 Å². The van der Waals surface area contributed by atoms with Gasteiger partial charge in [-0.15, -0.1) is 11.3 Å². The minimum absolute atomic E-state index is 0.519. The summed E-state index contributed by atoms with van der Waals surface area (Å²) in [6.07, 6.45) is 1.90. The van der Waals surface area contributed by atoms with E-state index in [2.05, 4.69) is 10.1 Å². The van der Waals surface area contributed by atoms with Crippen molar-refractivity contribution in [1.82, 2.24) is 14.8 Å². The smallest absolute Gasteiger partial charge is 0.143 e. The van der Waals surface area contributed by atoms with Crippen LogP contribution in [0, 0.1) is 0 Å². The number of aliphatic hydroxyl groups is 1. The van der Waals surface area contributed by atoms with Gasteiger partial charge in [0.05, 0.1) is 11.8 Å². The summed E-state index contributed by atoms with van der Waals surface area (Å²) in [5.74, 6) is 0. The van der Waals surface area contributed by atoms with Gasteiger partial charge in [0.25, 0.3) is 0 Å². The predicted molar refractivity (Wildman–Crippen MR) is 79.4 cm³/mol. The van der Waals surface area contributed by atoms with Crippen LogP contribution in [-0.2, 0) is 13.5 Å². The van der Waals surface area contributed by atoms with E-state index >= 15 is 0 Å². The van der Waals surface area contributed by atoms with Crippen LogP contribution in [0.5, 0.6) is 0 Å². The summed E-state index contributed by atoms with van der Waals surface area (Å²) in [7, 11) is 1.89. The summed E-state index contributed by atoms with van der Waals surface area (Å²) in [6, 6.07) is 11.6. The summed E-state index contributed by atoms with van der Waals surface area (Å²) < 4.78 is 1.76. The van der Waals surface area contributed by atoms with Crippen LogP contribution in [0.25, 0.3) is 10.7 Å². The number of benzene rings is 1. The van der Waals surface area contributed by atoms with E-state index in [9.17, 15) is 5.11 Å². The van der Waals surface area contributed by atoms with Gasteiger partial charge in [0.15, 0.2) is 0 Å². The van der Waals surface area contributed by atoms with Gasteiger partial charge in [-0.25, -0.2) is 4.98 Å². The molecule has 20 heavy (non-hydrogen) atoms. The van der Waals surface area contributed by atoms with Crippen molar-refractivity contribution in [1.29, 1.82) is 0 Å². The fraction of sp³-hybridized carbons (Fsp3) is 0.200. The van der Waals surface area contributed by atoms with Crippen molar-refractivity contribution >= 4 is 11.3 Å². The van der Waals surface area contributed by atoms with Crippen molar-refractivity contribution in [2.24, 2.45) is 7.05 Å². The topological polar surface area (TPSA) is 50.9 Å². The number of aliphatic hydroxyl groups excluding tert-OH is 1. The number of hydrogen-bond acceptors (Lipinski definition) is 4. The van der Waals surface area contributed by atoms with Gasteiger partial charge < -0.3 is 5.11 Å². The van der Waals surface area contributed by atoms with E-state index in [1.165, 1.54) is 0 Å². The summed E-state index contributed by atoms with van der Waals surface area (Å²) in [4.78, 5) is 4.54. The lowest BCUT2D eigenvalue weighted by atomic mass is 10.1. The molecular formula is C15H15N3OS. The van der Waals surface area contributed by atoms with Crippen LogP contribution in [0.4, 0.5) is 0 Å². The lowest BCUT2D eigenvalue weighted by Gasteiger charge is -2.08. The molecule has 0 aliphatic heterocycles. The van der Waals surface area contributed by atoms with Crippen molar-refractivity contribution in [3.8, 4) is 10.7 Å². The lowest BCUT2D eigenvalue weighted by molar-refractivity contribution is 0.177. The van der Waals surface area contributed by atoms with Crippen molar-refractivity contribution in [3.05, 3.63) is 59.2 Å². The zero-order chi connectivity index (χ0) is 13.9. The number of nitrogens with zero attached hydrogens (tertiary/aromatic N) is 3. The van der Waals surface area contributed by atoms with Gasteiger partial charge >= 0.3 is 0 Å². The first-order valence-electron chi connectivity index (χ1n) is 6.40. The average Bonchev–Trinajstić information content (AvgIpc) is 3.09. The molecule has 3 aromatic rings. The van der Waals surface area contributed by atoms with Gasteiger partial charge in [-0.1, -0.05) is 30.3 Å². The van der Waals surface area contributed by atoms with Gasteiger partial charge in [-0.05, 0) is 11.6 Å². The van der Waals surface area contributed by atoms with Crippen LogP contribution < -0.4 is 0 Å². The van der Waals surface area contributed by atoms with Crippen LogP contribution in [-0.4, -0.2) is 19.9 Å². The Kier molecular flexibility index (Phi) is 3.62. The Morgan fingerprint density at radius 2 is 2.05 bits per heavy atom. The highest BCUT2D eigenvalue weighted by atomic mass is 32.1. The van der Waals surface area contributed by atoms with Gasteiger partial charge in [0.2, 0.25) is 0 Å². The second-order valence-electron chi connectivity index (χ2n) is 4.65. The normalized spacial score (nSPS) is 12.5. The Morgan fingerprint density at radius 1 is 1.25 bits per heavy atom. The molecule has 1 aromatic carbocycles. The first kappa shape index (κ1) is 13.0. The Morgan fingerprint density at radius 3 is 2.75 bits per heavy atom. The molecule has 3 rings (SSSR count). The zero-order valence-electron chi connectivity index (χ0n) is 11.1. The molecular weight excluding hydrogens is 270 g/mol. The maximum atomic E-state index is 10.2. The number of thiazole rings is 1. The minimum atomic E-state index is -0.519. The number of aromatic nitrogens is 3. The molecule has 0 bridgehead atoms. The highest BCUT2D eigenvalue weighted by Crippen LogP contribution is 2.24. The maximum Gasteiger partial charge on any atom is 0.143 e. The van der Waals surface area contributed by atoms with Crippen LogP contribution in [0.3, 0.4) is 0 Å². The molecule has 0 saturated heterocycles. The molecule has 0 fully saturated rings. The van der Waals surface area contributed by atoms with E-state index in [1.54, 1.807) is 16.0 Å². The number of rotatable bonds is 4. The third-order valence-electron chi connectivity index (χ3n) is 3.07. The maximum absolute atomic E-state index is 10.2. The third-order valence-corrected chi connectivity index (χ3v) is 3.98. The average molecular weight is 285 g/mol. The molecule has 2 aromatic heterocycles. The molecule has 0 aliphatic rings. The van der Waals surface area contributed by atoms with E-state index in [4.69, 9.17) is 0 Å². The largest absolute Gasteiger partial charge is 0.388 e. The van der Waals surface area contributed by atoms with Crippen LogP contribution >= 0.6 is 11.3 Å². The monoisotopic (exact) mass is 285 g/mol. The summed E-state index contributed by atoms with van der Waals surface area (Å²) in [6.45, 7) is 0. The Balaban J connectivity index is 1.74. The highest BCUT2D eigenvalue weighted by Gasteiger charge is 2.12. The third kappa shape index (κ3) is 2.79. The first-order valence-corrected chi connectivity index (χ1v) is 7.28. The fourth-order valence-electron chi connectivity index (χ4n) is 2.04. The molecule has 1 atom stereocenters. The molecule has 102 valence electrons. The second-order valence-corrected chi connectivity index (χ2v) is 5.51. The SMILES string of the molecule is Cn1ccc(-c2nc(CC(O)c3ccccc3)cs2)n1. The lowest BCUT2D eigenvalue weighted by Crippen LogP contribution is -2.01. The standard InChI is InChI=1S/C15H15N3OS/c1-18-8-7-13(17-18)15-16-12(10-20-15)9-14(19)11-5-3-2-4-6-11/h2-8,10,14,19H,9H2,1H3. The number of aryl methyl sites for hydroxylation is 1. The Hall–Kier alpha value is -1.98. The summed E-state index contributed by atoms with van der Waals surface area (Å²) in [5, 5.41) is 17.4. The Labute approximate surface area is 121 Å². The zero-order valence-corrected chi connectivity index (χ0v) is 11.9. The van der Waals surface area contributed by atoms with Crippen molar-refractivity contribution < 1.29 is 5.11 Å². The van der Waals surface area contributed by atoms with Gasteiger partial charge in [-0.2, -0.15) is 5.10 Å². The minimum Gasteiger partial charge on any atom is -0.388 e. The molecule has 0 aliphatic carbocycles. The molecule has 5 heteroatoms. The van der Waals surface area contributed by atoms with Gasteiger partial charge in [0.1, 0.15) is 10.7 Å². The Bertz CT molecular complexity index is 690. The predicted octanol–water partition coefficient (Wildman–Crippen LogP) is 2.82. The van der Waals surface area contributed by atoms with E-state index < -0.39 is 6.10 Å². The molecule has 0 spiro atoms. The summed E-state index contributed by atoms with van der Waals surface area (Å²) >= 11 is 1.56. The van der Waals surface area contributed by atoms with E-state index in [0.717, 1.165) is 22.0 Å². The van der Waals surface area contributed by atoms with Crippen LogP contribution in [0.1, 0.15) is 17.4 Å². The van der Waals surface area contributed by atoms with E-state index in [-0.39, 0.29) is 0 Å². The van der Waals surface area contributed by atoms with Crippen molar-refractivity contribution in [2.45, 2.75) is 12.5 Å². The highest BCUT2D eigenvalue weighted by molar-refractivity contribution is 7.13. The quantitative estimate of drug-likeness (QED) is 0.802. The van der Waals surface area contributed by atoms with Crippen molar-refractivity contribution in [3.63, 3.8) is 0 Å². The second kappa shape index (κ2) is 5.56. The van der Waals surface area contributed by atoms with E-state index in [0.29, 0.717) is 6.42 Å². The first-order chi connectivity index (χ1) is 9.72. The van der Waals surface area contributed by atoms with Gasteiger partial charge in [-0.3, -0.25) is 4.68 Å². The molecule has 2 heterocycles. The van der Waals surface area contributed by atoms with Crippen molar-refractivity contribution in [2.75, 3.05) is 0 Å². The summed E-state index contributed by atoms with van der Waals surface area (Å²) in [5.41, 5.74) is 2.69. The molecule has 0 radical (unpaired) electrons. The van der Waals surface area contributed by atoms with Crippen LogP contribution in [0.15, 0.2) is 48.0 Å². The van der Waals surface area contributed by atoms with Crippen LogP contribution in [0.2, 0.25) is 0 Å².